The number of benzene rings is 3. The van der Waals surface area contributed by atoms with E-state index in [-0.39, 0.29) is 5.41 Å². The maximum Gasteiger partial charge on any atom is 0.0780 e. The van der Waals surface area contributed by atoms with E-state index in [0.29, 0.717) is 0 Å². The van der Waals surface area contributed by atoms with E-state index in [4.69, 9.17) is 4.98 Å². The number of aryl methyl sites for hydroxylation is 2. The van der Waals surface area contributed by atoms with Crippen molar-refractivity contribution in [2.24, 2.45) is 0 Å². The van der Waals surface area contributed by atoms with Crippen molar-refractivity contribution in [3.05, 3.63) is 77.5 Å². The quantitative estimate of drug-likeness (QED) is 0.341. The van der Waals surface area contributed by atoms with Gasteiger partial charge in [0.25, 0.3) is 0 Å². The van der Waals surface area contributed by atoms with Gasteiger partial charge in [0.2, 0.25) is 0 Å². The summed E-state index contributed by atoms with van der Waals surface area (Å²) in [7, 11) is 0. The van der Waals surface area contributed by atoms with Crippen LogP contribution in [0.25, 0.3) is 32.8 Å². The Hall–Kier alpha value is -2.67. The molecule has 1 heteroatoms. The minimum absolute atomic E-state index is 0.120. The van der Waals surface area contributed by atoms with E-state index in [2.05, 4.69) is 89.2 Å². The number of fused-ring (bicyclic) bond motifs is 3. The fourth-order valence-electron chi connectivity index (χ4n) is 3.76. The minimum Gasteiger partial charge on any atom is -0.256 e. The van der Waals surface area contributed by atoms with Crippen LogP contribution in [0.2, 0.25) is 0 Å². The summed E-state index contributed by atoms with van der Waals surface area (Å²) in [6, 6.07) is 20.0. The van der Waals surface area contributed by atoms with Crippen LogP contribution in [0.4, 0.5) is 0 Å². The molecule has 0 spiro atoms. The van der Waals surface area contributed by atoms with E-state index in [1.807, 2.05) is 6.20 Å². The molecule has 0 saturated carbocycles. The molecule has 0 aliphatic heterocycles. The summed E-state index contributed by atoms with van der Waals surface area (Å²) < 4.78 is 0. The number of nitrogens with zero attached hydrogens (tertiary/aromatic N) is 1. The van der Waals surface area contributed by atoms with Gasteiger partial charge in [-0.3, -0.25) is 4.98 Å². The number of hydrogen-bond acceptors (Lipinski definition) is 1. The summed E-state index contributed by atoms with van der Waals surface area (Å²) in [4.78, 5) is 4.77. The topological polar surface area (TPSA) is 12.9 Å². The van der Waals surface area contributed by atoms with Crippen LogP contribution in [0.1, 0.15) is 37.5 Å². The zero-order valence-corrected chi connectivity index (χ0v) is 16.2. The Kier molecular flexibility index (Phi) is 3.84. The van der Waals surface area contributed by atoms with Crippen LogP contribution < -0.4 is 0 Å². The van der Waals surface area contributed by atoms with Crippen molar-refractivity contribution in [3.8, 4) is 11.3 Å². The van der Waals surface area contributed by atoms with Gasteiger partial charge in [0.15, 0.2) is 0 Å². The number of pyridine rings is 1. The monoisotopic (exact) mass is 339 g/mol. The first kappa shape index (κ1) is 16.8. The molecule has 1 nitrogen and oxygen atoms in total. The number of hydrogen-bond donors (Lipinski definition) is 0. The van der Waals surface area contributed by atoms with Gasteiger partial charge in [-0.25, -0.2) is 0 Å². The lowest BCUT2D eigenvalue weighted by Crippen LogP contribution is -2.11. The highest BCUT2D eigenvalue weighted by atomic mass is 14.7. The lowest BCUT2D eigenvalue weighted by atomic mass is 9.84. The molecule has 1 aromatic heterocycles. The molecule has 3 aromatic carbocycles. The fraction of sp³-hybridized carbons (Fsp3) is 0.240. The summed E-state index contributed by atoms with van der Waals surface area (Å²) >= 11 is 0. The molecule has 0 N–H and O–H groups in total. The molecule has 4 rings (SSSR count). The van der Waals surface area contributed by atoms with Crippen molar-refractivity contribution >= 4 is 21.5 Å². The highest BCUT2D eigenvalue weighted by Crippen LogP contribution is 2.35. The van der Waals surface area contributed by atoms with Crippen LogP contribution in [-0.4, -0.2) is 4.98 Å². The zero-order valence-electron chi connectivity index (χ0n) is 16.2. The summed E-state index contributed by atoms with van der Waals surface area (Å²) in [6.45, 7) is 11.1. The third-order valence-electron chi connectivity index (χ3n) is 5.24. The average molecular weight is 339 g/mol. The maximum absolute atomic E-state index is 4.77. The molecule has 1 heterocycles. The molecule has 0 atom stereocenters. The Bertz CT molecular complexity index is 1130. The second kappa shape index (κ2) is 5.95. The van der Waals surface area contributed by atoms with Gasteiger partial charge in [0.1, 0.15) is 0 Å². The second-order valence-electron chi connectivity index (χ2n) is 8.33. The lowest BCUT2D eigenvalue weighted by molar-refractivity contribution is 0.590. The molecule has 0 fully saturated rings. The van der Waals surface area contributed by atoms with E-state index in [1.54, 1.807) is 0 Å². The van der Waals surface area contributed by atoms with Crippen LogP contribution in [0, 0.1) is 13.8 Å². The second-order valence-corrected chi connectivity index (χ2v) is 8.33. The normalized spacial score (nSPS) is 12.0. The molecule has 0 bridgehead atoms. The SMILES string of the molecule is Cc1cc(-c2nccc3c2ccc2c(C)cccc23)cc(C(C)(C)C)c1. The van der Waals surface area contributed by atoms with Crippen molar-refractivity contribution in [1.82, 2.24) is 4.98 Å². The number of rotatable bonds is 1. The lowest BCUT2D eigenvalue weighted by Gasteiger charge is -2.21. The van der Waals surface area contributed by atoms with Gasteiger partial charge in [-0.05, 0) is 64.7 Å². The molecule has 0 radical (unpaired) electrons. The summed E-state index contributed by atoms with van der Waals surface area (Å²) in [5, 5.41) is 5.11. The van der Waals surface area contributed by atoms with Gasteiger partial charge >= 0.3 is 0 Å². The molecule has 4 aromatic rings. The first-order valence-electron chi connectivity index (χ1n) is 9.24. The van der Waals surface area contributed by atoms with Crippen LogP contribution in [0.5, 0.6) is 0 Å². The Balaban J connectivity index is 2.03. The average Bonchev–Trinajstić information content (AvgIpc) is 2.60. The molecule has 130 valence electrons. The predicted octanol–water partition coefficient (Wildman–Crippen LogP) is 6.97. The highest BCUT2D eigenvalue weighted by molar-refractivity contribution is 6.11. The molecule has 0 saturated heterocycles. The van der Waals surface area contributed by atoms with Crippen molar-refractivity contribution in [3.63, 3.8) is 0 Å². The Labute approximate surface area is 155 Å². The van der Waals surface area contributed by atoms with E-state index < -0.39 is 0 Å². The summed E-state index contributed by atoms with van der Waals surface area (Å²) in [6.07, 6.45) is 1.94. The summed E-state index contributed by atoms with van der Waals surface area (Å²) in [5.74, 6) is 0. The van der Waals surface area contributed by atoms with Gasteiger partial charge in [0, 0.05) is 17.1 Å². The Morgan fingerprint density at radius 2 is 1.46 bits per heavy atom. The van der Waals surface area contributed by atoms with Gasteiger partial charge in [-0.1, -0.05) is 62.7 Å². The number of aromatic nitrogens is 1. The van der Waals surface area contributed by atoms with Gasteiger partial charge < -0.3 is 0 Å². The fourth-order valence-corrected chi connectivity index (χ4v) is 3.76. The molecular formula is C25H25N. The van der Waals surface area contributed by atoms with E-state index in [1.165, 1.54) is 43.8 Å². The van der Waals surface area contributed by atoms with Crippen LogP contribution in [0.15, 0.2) is 60.8 Å². The third-order valence-corrected chi connectivity index (χ3v) is 5.24. The van der Waals surface area contributed by atoms with Crippen molar-refractivity contribution in [2.45, 2.75) is 40.0 Å². The first-order chi connectivity index (χ1) is 12.3. The van der Waals surface area contributed by atoms with Crippen LogP contribution in [-0.2, 0) is 5.41 Å². The van der Waals surface area contributed by atoms with Crippen LogP contribution in [0.3, 0.4) is 0 Å². The Morgan fingerprint density at radius 1 is 0.731 bits per heavy atom. The Morgan fingerprint density at radius 3 is 2.23 bits per heavy atom. The zero-order chi connectivity index (χ0) is 18.5. The third kappa shape index (κ3) is 2.78. The molecule has 0 aliphatic carbocycles. The van der Waals surface area contributed by atoms with E-state index in [0.717, 1.165) is 5.69 Å². The van der Waals surface area contributed by atoms with Crippen molar-refractivity contribution < 1.29 is 0 Å². The minimum atomic E-state index is 0.120. The maximum atomic E-state index is 4.77. The molecule has 26 heavy (non-hydrogen) atoms. The van der Waals surface area contributed by atoms with Gasteiger partial charge in [0.05, 0.1) is 5.69 Å². The molecule has 0 unspecified atom stereocenters. The molecule has 0 amide bonds. The summed E-state index contributed by atoms with van der Waals surface area (Å²) in [5.41, 5.74) is 6.33. The molecule has 0 aliphatic rings. The van der Waals surface area contributed by atoms with Gasteiger partial charge in [-0.15, -0.1) is 0 Å². The predicted molar refractivity (Wildman–Crippen MR) is 113 cm³/mol. The van der Waals surface area contributed by atoms with Gasteiger partial charge in [-0.2, -0.15) is 0 Å². The first-order valence-corrected chi connectivity index (χ1v) is 9.24. The molecular weight excluding hydrogens is 314 g/mol. The smallest absolute Gasteiger partial charge is 0.0780 e. The van der Waals surface area contributed by atoms with Crippen molar-refractivity contribution in [2.75, 3.05) is 0 Å². The largest absolute Gasteiger partial charge is 0.256 e. The van der Waals surface area contributed by atoms with E-state index in [9.17, 15) is 0 Å². The highest BCUT2D eigenvalue weighted by Gasteiger charge is 2.16. The standard InChI is InChI=1S/C25H25N/c1-16-13-18(15-19(14-16)25(3,4)5)24-23-10-9-20-17(2)7-6-8-21(20)22(23)11-12-26-24/h6-15H,1-5H3. The van der Waals surface area contributed by atoms with Crippen molar-refractivity contribution in [1.29, 1.82) is 0 Å². The van der Waals surface area contributed by atoms with Crippen LogP contribution >= 0.6 is 0 Å². The van der Waals surface area contributed by atoms with E-state index >= 15 is 0 Å².